The van der Waals surface area contributed by atoms with Crippen LogP contribution in [0.2, 0.25) is 0 Å². The van der Waals surface area contributed by atoms with Crippen molar-refractivity contribution in [3.63, 3.8) is 0 Å². The number of nitrogens with two attached hydrogens (primary N) is 1. The van der Waals surface area contributed by atoms with E-state index in [9.17, 15) is 14.9 Å². The van der Waals surface area contributed by atoms with Gasteiger partial charge in [-0.2, -0.15) is 0 Å². The normalized spacial score (nSPS) is 17.2. The lowest BCUT2D eigenvalue weighted by molar-refractivity contribution is -0.384. The monoisotopic (exact) mass is 292 g/mol. The maximum absolute atomic E-state index is 11.1. The predicted molar refractivity (Wildman–Crippen MR) is 80.3 cm³/mol. The molecule has 1 heterocycles. The van der Waals surface area contributed by atoms with Crippen molar-refractivity contribution in [3.05, 3.63) is 33.9 Å². The number of carbonyl (C=O) groups excluding carboxylic acids is 1. The molecule has 7 heteroatoms. The molecular weight excluding hydrogens is 272 g/mol. The average molecular weight is 292 g/mol. The molecule has 1 aliphatic heterocycles. The summed E-state index contributed by atoms with van der Waals surface area (Å²) < 4.78 is 0. The molecule has 7 nitrogen and oxygen atoms in total. The maximum Gasteiger partial charge on any atom is 0.293 e. The number of rotatable bonds is 5. The molecule has 1 saturated heterocycles. The highest BCUT2D eigenvalue weighted by molar-refractivity contribution is 5.94. The van der Waals surface area contributed by atoms with Gasteiger partial charge in [-0.1, -0.05) is 6.92 Å². The number of nitrogens with zero attached hydrogens (tertiary/aromatic N) is 1. The second kappa shape index (κ2) is 6.09. The molecule has 0 radical (unpaired) electrons. The van der Waals surface area contributed by atoms with Crippen LogP contribution in [0.5, 0.6) is 0 Å². The van der Waals surface area contributed by atoms with Gasteiger partial charge in [0.1, 0.15) is 5.69 Å². The molecule has 4 N–H and O–H groups in total. The van der Waals surface area contributed by atoms with E-state index in [-0.39, 0.29) is 16.7 Å². The quantitative estimate of drug-likeness (QED) is 0.562. The lowest BCUT2D eigenvalue weighted by Crippen LogP contribution is -2.39. The molecule has 2 rings (SSSR count). The van der Waals surface area contributed by atoms with E-state index >= 15 is 0 Å². The second-order valence-corrected chi connectivity index (χ2v) is 5.77. The molecule has 114 valence electrons. The third-order valence-corrected chi connectivity index (χ3v) is 4.00. The third-order valence-electron chi connectivity index (χ3n) is 4.00. The Balaban J connectivity index is 2.15. The van der Waals surface area contributed by atoms with Crippen LogP contribution in [-0.4, -0.2) is 30.5 Å². The second-order valence-electron chi connectivity index (χ2n) is 5.77. The number of nitrogens with one attached hydrogen (secondary N) is 2. The largest absolute Gasteiger partial charge is 0.379 e. The van der Waals surface area contributed by atoms with E-state index in [0.29, 0.717) is 12.2 Å². The van der Waals surface area contributed by atoms with E-state index in [4.69, 9.17) is 5.73 Å². The summed E-state index contributed by atoms with van der Waals surface area (Å²) in [7, 11) is 0. The van der Waals surface area contributed by atoms with Gasteiger partial charge in [-0.05, 0) is 43.5 Å². The number of nitro benzene ring substituents is 1. The van der Waals surface area contributed by atoms with Crippen molar-refractivity contribution in [3.8, 4) is 0 Å². The molecule has 0 aliphatic carbocycles. The molecule has 0 unspecified atom stereocenters. The molecular formula is C14H20N4O3. The fraction of sp³-hybridized carbons (Fsp3) is 0.500. The average Bonchev–Trinajstić information content (AvgIpc) is 2.45. The van der Waals surface area contributed by atoms with Gasteiger partial charge in [0, 0.05) is 18.2 Å². The van der Waals surface area contributed by atoms with Crippen LogP contribution < -0.4 is 16.4 Å². The van der Waals surface area contributed by atoms with Crippen LogP contribution in [0.25, 0.3) is 0 Å². The smallest absolute Gasteiger partial charge is 0.293 e. The molecule has 1 amide bonds. The van der Waals surface area contributed by atoms with E-state index < -0.39 is 10.8 Å². The summed E-state index contributed by atoms with van der Waals surface area (Å²) in [5, 5.41) is 17.6. The SMILES string of the molecule is CC1(CNc2ccc(C(N)=O)cc2[N+](=O)[O-])CCNCC1. The topological polar surface area (TPSA) is 110 Å². The Bertz CT molecular complexity index is 553. The predicted octanol–water partition coefficient (Wildman–Crippen LogP) is 1.50. The Kier molecular flexibility index (Phi) is 4.42. The Hall–Kier alpha value is -2.15. The molecule has 1 aliphatic rings. The van der Waals surface area contributed by atoms with Crippen molar-refractivity contribution in [2.75, 3.05) is 25.0 Å². The Morgan fingerprint density at radius 1 is 1.48 bits per heavy atom. The van der Waals surface area contributed by atoms with Gasteiger partial charge in [-0.15, -0.1) is 0 Å². The highest BCUT2D eigenvalue weighted by atomic mass is 16.6. The van der Waals surface area contributed by atoms with Crippen LogP contribution in [0.4, 0.5) is 11.4 Å². The van der Waals surface area contributed by atoms with Crippen molar-refractivity contribution in [2.45, 2.75) is 19.8 Å². The standard InChI is InChI=1S/C14H20N4O3/c1-14(4-6-16-7-5-14)9-17-11-3-2-10(13(15)19)8-12(11)18(20)21/h2-3,8,16-17H,4-7,9H2,1H3,(H2,15,19). The van der Waals surface area contributed by atoms with Crippen LogP contribution in [0.3, 0.4) is 0 Å². The van der Waals surface area contributed by atoms with Gasteiger partial charge in [-0.3, -0.25) is 14.9 Å². The van der Waals surface area contributed by atoms with Gasteiger partial charge in [0.15, 0.2) is 0 Å². The van der Waals surface area contributed by atoms with Gasteiger partial charge in [0.2, 0.25) is 5.91 Å². The third kappa shape index (κ3) is 3.69. The van der Waals surface area contributed by atoms with Gasteiger partial charge in [0.05, 0.1) is 4.92 Å². The minimum atomic E-state index is -0.671. The Labute approximate surface area is 123 Å². The van der Waals surface area contributed by atoms with Crippen LogP contribution in [-0.2, 0) is 0 Å². The number of amides is 1. The number of carbonyl (C=O) groups is 1. The molecule has 1 aromatic rings. The minimum Gasteiger partial charge on any atom is -0.379 e. The summed E-state index contributed by atoms with van der Waals surface area (Å²) in [6, 6.07) is 4.26. The molecule has 0 aromatic heterocycles. The van der Waals surface area contributed by atoms with Crippen molar-refractivity contribution >= 4 is 17.3 Å². The first-order valence-electron chi connectivity index (χ1n) is 6.94. The number of anilines is 1. The minimum absolute atomic E-state index is 0.113. The lowest BCUT2D eigenvalue weighted by atomic mass is 9.81. The summed E-state index contributed by atoms with van der Waals surface area (Å²) in [6.07, 6.45) is 2.04. The fourth-order valence-electron chi connectivity index (χ4n) is 2.50. The molecule has 0 spiro atoms. The zero-order chi connectivity index (χ0) is 15.5. The summed E-state index contributed by atoms with van der Waals surface area (Å²) in [6.45, 7) is 4.75. The van der Waals surface area contributed by atoms with Crippen molar-refractivity contribution in [1.29, 1.82) is 0 Å². The van der Waals surface area contributed by atoms with Crippen LogP contribution in [0, 0.1) is 15.5 Å². The number of benzene rings is 1. The number of piperidine rings is 1. The zero-order valence-electron chi connectivity index (χ0n) is 12.0. The first kappa shape index (κ1) is 15.2. The van der Waals surface area contributed by atoms with E-state index in [1.807, 2.05) is 0 Å². The number of nitro groups is 1. The molecule has 0 bridgehead atoms. The summed E-state index contributed by atoms with van der Waals surface area (Å²) in [5.74, 6) is -0.671. The van der Waals surface area contributed by atoms with Gasteiger partial charge in [0.25, 0.3) is 5.69 Å². The lowest BCUT2D eigenvalue weighted by Gasteiger charge is -2.34. The van der Waals surface area contributed by atoms with Crippen molar-refractivity contribution in [2.24, 2.45) is 11.1 Å². The Morgan fingerprint density at radius 2 is 2.14 bits per heavy atom. The molecule has 0 saturated carbocycles. The van der Waals surface area contributed by atoms with Gasteiger partial charge < -0.3 is 16.4 Å². The summed E-state index contributed by atoms with van der Waals surface area (Å²) >= 11 is 0. The highest BCUT2D eigenvalue weighted by Crippen LogP contribution is 2.31. The number of hydrogen-bond donors (Lipinski definition) is 3. The first-order valence-corrected chi connectivity index (χ1v) is 6.94. The molecule has 0 atom stereocenters. The van der Waals surface area contributed by atoms with E-state index in [1.54, 1.807) is 6.07 Å². The first-order chi connectivity index (χ1) is 9.91. The maximum atomic E-state index is 11.1. The van der Waals surface area contributed by atoms with Crippen molar-refractivity contribution in [1.82, 2.24) is 5.32 Å². The van der Waals surface area contributed by atoms with Crippen LogP contribution in [0.1, 0.15) is 30.1 Å². The van der Waals surface area contributed by atoms with Gasteiger partial charge in [-0.25, -0.2) is 0 Å². The number of hydrogen-bond acceptors (Lipinski definition) is 5. The summed E-state index contributed by atoms with van der Waals surface area (Å²) in [5.41, 5.74) is 5.71. The van der Waals surface area contributed by atoms with Crippen molar-refractivity contribution < 1.29 is 9.72 Å². The van der Waals surface area contributed by atoms with E-state index in [0.717, 1.165) is 25.9 Å². The van der Waals surface area contributed by atoms with Crippen LogP contribution >= 0.6 is 0 Å². The Morgan fingerprint density at radius 3 is 2.71 bits per heavy atom. The molecule has 21 heavy (non-hydrogen) atoms. The number of primary amides is 1. The van der Waals surface area contributed by atoms with Gasteiger partial charge >= 0.3 is 0 Å². The van der Waals surface area contributed by atoms with Crippen LogP contribution in [0.15, 0.2) is 18.2 Å². The van der Waals surface area contributed by atoms with E-state index in [1.165, 1.54) is 12.1 Å². The highest BCUT2D eigenvalue weighted by Gasteiger charge is 2.27. The summed E-state index contributed by atoms with van der Waals surface area (Å²) in [4.78, 5) is 21.7. The fourth-order valence-corrected chi connectivity index (χ4v) is 2.50. The zero-order valence-corrected chi connectivity index (χ0v) is 12.0. The molecule has 1 aromatic carbocycles. The molecule has 1 fully saturated rings. The van der Waals surface area contributed by atoms with E-state index in [2.05, 4.69) is 17.6 Å².